The van der Waals surface area contributed by atoms with Gasteiger partial charge in [0.05, 0.1) is 17.8 Å². The van der Waals surface area contributed by atoms with E-state index in [1.54, 1.807) is 58.0 Å². The number of thioether (sulfide) groups is 1. The minimum atomic E-state index is -0.504. The van der Waals surface area contributed by atoms with Crippen LogP contribution in [0.3, 0.4) is 0 Å². The maximum atomic E-state index is 12.7. The molecule has 2 heterocycles. The summed E-state index contributed by atoms with van der Waals surface area (Å²) in [6.07, 6.45) is 3.40. The second kappa shape index (κ2) is 7.49. The van der Waals surface area contributed by atoms with Crippen LogP contribution in [0, 0.1) is 0 Å². The quantitative estimate of drug-likeness (QED) is 0.886. The predicted octanol–water partition coefficient (Wildman–Crippen LogP) is 3.27. The number of benzene rings is 1. The number of amides is 2. The summed E-state index contributed by atoms with van der Waals surface area (Å²) < 4.78 is 1.77. The van der Waals surface area contributed by atoms with E-state index in [-0.39, 0.29) is 17.9 Å². The van der Waals surface area contributed by atoms with Gasteiger partial charge in [0.15, 0.2) is 0 Å². The number of carbonyl (C=O) groups excluding carboxylic acids is 2. The molecule has 1 N–H and O–H groups in total. The monoisotopic (exact) mass is 378 g/mol. The van der Waals surface area contributed by atoms with E-state index in [1.807, 2.05) is 13.8 Å². The highest BCUT2D eigenvalue weighted by Crippen LogP contribution is 2.25. The molecule has 0 spiro atoms. The molecule has 2 amide bonds. The SMILES string of the molecule is CC(C)n1cc(NC(=O)C2CSCN2C(=O)c2ccc(Cl)cc2)cn1. The van der Waals surface area contributed by atoms with Crippen molar-refractivity contribution in [1.29, 1.82) is 0 Å². The Morgan fingerprint density at radius 1 is 1.32 bits per heavy atom. The van der Waals surface area contributed by atoms with Gasteiger partial charge in [0.2, 0.25) is 5.91 Å². The fraction of sp³-hybridized carbons (Fsp3) is 0.353. The molecule has 1 aromatic heterocycles. The van der Waals surface area contributed by atoms with Gasteiger partial charge in [-0.1, -0.05) is 11.6 Å². The topological polar surface area (TPSA) is 67.2 Å². The molecule has 132 valence electrons. The number of rotatable bonds is 4. The first-order valence-electron chi connectivity index (χ1n) is 7.95. The zero-order valence-corrected chi connectivity index (χ0v) is 15.5. The van der Waals surface area contributed by atoms with Crippen LogP contribution in [-0.2, 0) is 4.79 Å². The van der Waals surface area contributed by atoms with Crippen molar-refractivity contribution in [2.24, 2.45) is 0 Å². The number of nitrogens with zero attached hydrogens (tertiary/aromatic N) is 3. The summed E-state index contributed by atoms with van der Waals surface area (Å²) in [7, 11) is 0. The highest BCUT2D eigenvalue weighted by Gasteiger charge is 2.35. The average molecular weight is 379 g/mol. The lowest BCUT2D eigenvalue weighted by molar-refractivity contribution is -0.119. The average Bonchev–Trinajstić information content (AvgIpc) is 3.24. The van der Waals surface area contributed by atoms with Gasteiger partial charge >= 0.3 is 0 Å². The Balaban J connectivity index is 1.70. The van der Waals surface area contributed by atoms with Crippen LogP contribution in [0.15, 0.2) is 36.7 Å². The minimum Gasteiger partial charge on any atom is -0.322 e. The van der Waals surface area contributed by atoms with Gasteiger partial charge in [-0.3, -0.25) is 14.3 Å². The van der Waals surface area contributed by atoms with Crippen LogP contribution in [0.1, 0.15) is 30.2 Å². The Kier molecular flexibility index (Phi) is 5.34. The maximum Gasteiger partial charge on any atom is 0.255 e. The molecule has 1 aliphatic heterocycles. The number of carbonyl (C=O) groups is 2. The number of halogens is 1. The molecule has 1 fully saturated rings. The third kappa shape index (κ3) is 3.99. The zero-order chi connectivity index (χ0) is 18.0. The fourth-order valence-electron chi connectivity index (χ4n) is 2.53. The molecule has 1 saturated heterocycles. The van der Waals surface area contributed by atoms with Gasteiger partial charge in [-0.15, -0.1) is 11.8 Å². The van der Waals surface area contributed by atoms with Crippen LogP contribution in [0.2, 0.25) is 5.02 Å². The van der Waals surface area contributed by atoms with Crippen molar-refractivity contribution in [1.82, 2.24) is 14.7 Å². The molecule has 3 rings (SSSR count). The highest BCUT2D eigenvalue weighted by atomic mass is 35.5. The largest absolute Gasteiger partial charge is 0.322 e. The van der Waals surface area contributed by atoms with E-state index < -0.39 is 6.04 Å². The van der Waals surface area contributed by atoms with E-state index in [4.69, 9.17) is 11.6 Å². The van der Waals surface area contributed by atoms with Crippen molar-refractivity contribution in [3.8, 4) is 0 Å². The van der Waals surface area contributed by atoms with Gasteiger partial charge in [0.25, 0.3) is 5.91 Å². The molecule has 0 radical (unpaired) electrons. The second-order valence-corrected chi connectivity index (χ2v) is 7.53. The summed E-state index contributed by atoms with van der Waals surface area (Å²) in [4.78, 5) is 26.9. The molecule has 1 aliphatic rings. The predicted molar refractivity (Wildman–Crippen MR) is 100.0 cm³/mol. The summed E-state index contributed by atoms with van der Waals surface area (Å²) in [5.74, 6) is 0.698. The Hall–Kier alpha value is -1.99. The molecule has 1 unspecified atom stereocenters. The Morgan fingerprint density at radius 2 is 2.04 bits per heavy atom. The summed E-state index contributed by atoms with van der Waals surface area (Å²) in [5, 5.41) is 7.64. The van der Waals surface area contributed by atoms with E-state index in [0.717, 1.165) is 0 Å². The van der Waals surface area contributed by atoms with Crippen molar-refractivity contribution < 1.29 is 9.59 Å². The maximum absolute atomic E-state index is 12.7. The van der Waals surface area contributed by atoms with Gasteiger partial charge in [-0.2, -0.15) is 5.10 Å². The smallest absolute Gasteiger partial charge is 0.255 e. The van der Waals surface area contributed by atoms with Gasteiger partial charge in [0, 0.05) is 28.6 Å². The molecular weight excluding hydrogens is 360 g/mol. The molecule has 25 heavy (non-hydrogen) atoms. The van der Waals surface area contributed by atoms with E-state index >= 15 is 0 Å². The molecule has 2 aromatic rings. The number of hydrogen-bond donors (Lipinski definition) is 1. The zero-order valence-electron chi connectivity index (χ0n) is 14.0. The van der Waals surface area contributed by atoms with Gasteiger partial charge < -0.3 is 10.2 Å². The van der Waals surface area contributed by atoms with E-state index in [2.05, 4.69) is 10.4 Å². The van der Waals surface area contributed by atoms with Crippen molar-refractivity contribution >= 4 is 40.9 Å². The summed E-state index contributed by atoms with van der Waals surface area (Å²) in [6.45, 7) is 4.03. The van der Waals surface area contributed by atoms with Crippen molar-refractivity contribution in [2.45, 2.75) is 25.9 Å². The first-order chi connectivity index (χ1) is 12.0. The first kappa shape index (κ1) is 17.8. The molecular formula is C17H19ClN4O2S. The van der Waals surface area contributed by atoms with Crippen LogP contribution < -0.4 is 5.32 Å². The van der Waals surface area contributed by atoms with Crippen LogP contribution in [0.5, 0.6) is 0 Å². The molecule has 6 nitrogen and oxygen atoms in total. The summed E-state index contributed by atoms with van der Waals surface area (Å²) >= 11 is 7.43. The van der Waals surface area contributed by atoms with Crippen LogP contribution in [0.4, 0.5) is 5.69 Å². The van der Waals surface area contributed by atoms with Crippen molar-refractivity contribution in [2.75, 3.05) is 16.9 Å². The van der Waals surface area contributed by atoms with E-state index in [0.29, 0.717) is 27.9 Å². The minimum absolute atomic E-state index is 0.167. The third-order valence-electron chi connectivity index (χ3n) is 3.94. The lowest BCUT2D eigenvalue weighted by Gasteiger charge is -2.23. The Bertz CT molecular complexity index is 775. The van der Waals surface area contributed by atoms with Gasteiger partial charge in [-0.05, 0) is 38.1 Å². The van der Waals surface area contributed by atoms with Gasteiger partial charge in [0.1, 0.15) is 6.04 Å². The van der Waals surface area contributed by atoms with Crippen LogP contribution in [0.25, 0.3) is 0 Å². The summed E-state index contributed by atoms with van der Waals surface area (Å²) in [5.41, 5.74) is 1.16. The second-order valence-electron chi connectivity index (χ2n) is 6.09. The molecule has 0 bridgehead atoms. The van der Waals surface area contributed by atoms with Crippen LogP contribution >= 0.6 is 23.4 Å². The summed E-state index contributed by atoms with van der Waals surface area (Å²) in [6, 6.07) is 6.41. The lowest BCUT2D eigenvalue weighted by atomic mass is 10.1. The standard InChI is InChI=1S/C17H19ClN4O2S/c1-11(2)22-8-14(7-19-22)20-16(23)15-9-25-10-21(15)17(24)12-3-5-13(18)6-4-12/h3-8,11,15H,9-10H2,1-2H3,(H,20,23). The van der Waals surface area contributed by atoms with E-state index in [9.17, 15) is 9.59 Å². The molecule has 0 saturated carbocycles. The molecule has 8 heteroatoms. The third-order valence-corrected chi connectivity index (χ3v) is 5.20. The first-order valence-corrected chi connectivity index (χ1v) is 9.48. The van der Waals surface area contributed by atoms with Crippen molar-refractivity contribution in [3.05, 3.63) is 47.2 Å². The Morgan fingerprint density at radius 3 is 2.68 bits per heavy atom. The molecule has 1 atom stereocenters. The number of aromatic nitrogens is 2. The lowest BCUT2D eigenvalue weighted by Crippen LogP contribution is -2.44. The highest BCUT2D eigenvalue weighted by molar-refractivity contribution is 7.99. The fourth-order valence-corrected chi connectivity index (χ4v) is 3.81. The normalized spacial score (nSPS) is 17.1. The number of nitrogens with one attached hydrogen (secondary N) is 1. The van der Waals surface area contributed by atoms with Crippen LogP contribution in [-0.4, -0.2) is 44.2 Å². The van der Waals surface area contributed by atoms with Gasteiger partial charge in [-0.25, -0.2) is 0 Å². The van der Waals surface area contributed by atoms with Crippen molar-refractivity contribution in [3.63, 3.8) is 0 Å². The molecule has 1 aromatic carbocycles. The molecule has 0 aliphatic carbocycles. The van der Waals surface area contributed by atoms with E-state index in [1.165, 1.54) is 0 Å². The number of hydrogen-bond acceptors (Lipinski definition) is 4. The Labute approximate surface area is 155 Å². The number of anilines is 1.